The molecule has 0 saturated heterocycles. The Balaban J connectivity index is 2.80. The summed E-state index contributed by atoms with van der Waals surface area (Å²) in [6.45, 7) is 9.79. The Kier molecular flexibility index (Phi) is 5.24. The van der Waals surface area contributed by atoms with E-state index in [4.69, 9.17) is 0 Å². The second kappa shape index (κ2) is 5.91. The van der Waals surface area contributed by atoms with Crippen LogP contribution in [-0.4, -0.2) is 32.5 Å². The molecule has 0 bridgehead atoms. The summed E-state index contributed by atoms with van der Waals surface area (Å²) in [7, 11) is -2.88. The number of sulfone groups is 1. The van der Waals surface area contributed by atoms with Crippen LogP contribution >= 0.6 is 0 Å². The van der Waals surface area contributed by atoms with E-state index in [0.717, 1.165) is 32.2 Å². The van der Waals surface area contributed by atoms with Crippen molar-refractivity contribution in [2.24, 2.45) is 11.3 Å². The molecule has 4 heteroatoms. The van der Waals surface area contributed by atoms with Crippen molar-refractivity contribution in [1.82, 2.24) is 5.32 Å². The maximum Gasteiger partial charge on any atom is 0.150 e. The number of rotatable bonds is 4. The van der Waals surface area contributed by atoms with Crippen LogP contribution in [0.5, 0.6) is 0 Å². The van der Waals surface area contributed by atoms with Gasteiger partial charge in [-0.15, -0.1) is 0 Å². The Labute approximate surface area is 113 Å². The van der Waals surface area contributed by atoms with E-state index in [1.165, 1.54) is 6.26 Å². The lowest BCUT2D eigenvalue weighted by Crippen LogP contribution is -2.48. The molecule has 0 heterocycles. The van der Waals surface area contributed by atoms with E-state index < -0.39 is 9.84 Å². The monoisotopic (exact) mass is 275 g/mol. The smallest absolute Gasteiger partial charge is 0.150 e. The SMILES string of the molecule is CCNC(C1CCCC(S(C)(=O)=O)C1)C(C)(C)C. The van der Waals surface area contributed by atoms with Gasteiger partial charge in [0, 0.05) is 12.3 Å². The summed E-state index contributed by atoms with van der Waals surface area (Å²) >= 11 is 0. The average molecular weight is 275 g/mol. The van der Waals surface area contributed by atoms with Gasteiger partial charge < -0.3 is 5.32 Å². The normalized spacial score (nSPS) is 28.1. The Hall–Kier alpha value is -0.0900. The van der Waals surface area contributed by atoms with Crippen LogP contribution in [0.3, 0.4) is 0 Å². The standard InChI is InChI=1S/C14H29NO2S/c1-6-15-13(14(2,3)4)11-8-7-9-12(10-11)18(5,16)17/h11-13,15H,6-10H2,1-5H3. The largest absolute Gasteiger partial charge is 0.313 e. The van der Waals surface area contributed by atoms with Crippen LogP contribution < -0.4 is 5.32 Å². The summed E-state index contributed by atoms with van der Waals surface area (Å²) in [6, 6.07) is 0.409. The van der Waals surface area contributed by atoms with Gasteiger partial charge in [0.1, 0.15) is 9.84 Å². The molecule has 18 heavy (non-hydrogen) atoms. The molecule has 0 aromatic heterocycles. The van der Waals surface area contributed by atoms with Gasteiger partial charge in [0.2, 0.25) is 0 Å². The summed E-state index contributed by atoms with van der Waals surface area (Å²) in [5.41, 5.74) is 0.181. The lowest BCUT2D eigenvalue weighted by molar-refractivity contribution is 0.160. The number of nitrogens with one attached hydrogen (secondary N) is 1. The van der Waals surface area contributed by atoms with Gasteiger partial charge in [-0.1, -0.05) is 34.1 Å². The predicted octanol–water partition coefficient (Wildman–Crippen LogP) is 2.61. The van der Waals surface area contributed by atoms with Crippen molar-refractivity contribution in [3.8, 4) is 0 Å². The second-order valence-corrected chi connectivity index (χ2v) is 9.11. The van der Waals surface area contributed by atoms with Crippen LogP contribution in [0.25, 0.3) is 0 Å². The van der Waals surface area contributed by atoms with Gasteiger partial charge in [-0.25, -0.2) is 8.42 Å². The molecule has 1 saturated carbocycles. The summed E-state index contributed by atoms with van der Waals surface area (Å²) in [4.78, 5) is 0. The fourth-order valence-corrected chi connectivity index (χ4v) is 4.46. The molecule has 0 aliphatic heterocycles. The van der Waals surface area contributed by atoms with Crippen LogP contribution in [0.4, 0.5) is 0 Å². The van der Waals surface area contributed by atoms with Crippen LogP contribution in [0.2, 0.25) is 0 Å². The Morgan fingerprint density at radius 1 is 1.28 bits per heavy atom. The molecule has 1 N–H and O–H groups in total. The van der Waals surface area contributed by atoms with Crippen molar-refractivity contribution >= 4 is 9.84 Å². The Bertz CT molecular complexity index is 356. The van der Waals surface area contributed by atoms with Crippen molar-refractivity contribution in [2.75, 3.05) is 12.8 Å². The second-order valence-electron chi connectivity index (χ2n) is 6.78. The van der Waals surface area contributed by atoms with Crippen molar-refractivity contribution in [1.29, 1.82) is 0 Å². The minimum atomic E-state index is -2.88. The van der Waals surface area contributed by atoms with E-state index in [1.807, 2.05) is 0 Å². The summed E-state index contributed by atoms with van der Waals surface area (Å²) in [5, 5.41) is 3.44. The summed E-state index contributed by atoms with van der Waals surface area (Å²) < 4.78 is 23.5. The van der Waals surface area contributed by atoms with Crippen LogP contribution in [0.1, 0.15) is 53.4 Å². The molecule has 1 aliphatic carbocycles. The molecule has 0 aromatic carbocycles. The topological polar surface area (TPSA) is 46.2 Å². The fourth-order valence-electron chi connectivity index (χ4n) is 3.27. The molecule has 0 aromatic rings. The molecule has 1 fully saturated rings. The Morgan fingerprint density at radius 2 is 1.89 bits per heavy atom. The minimum Gasteiger partial charge on any atom is -0.313 e. The van der Waals surface area contributed by atoms with Crippen LogP contribution in [0, 0.1) is 11.3 Å². The minimum absolute atomic E-state index is 0.125. The third kappa shape index (κ3) is 4.23. The molecule has 1 rings (SSSR count). The zero-order valence-electron chi connectivity index (χ0n) is 12.5. The number of hydrogen-bond acceptors (Lipinski definition) is 3. The van der Waals surface area contributed by atoms with Gasteiger partial charge in [0.05, 0.1) is 5.25 Å². The third-order valence-electron chi connectivity index (χ3n) is 4.10. The lowest BCUT2D eigenvalue weighted by Gasteiger charge is -2.41. The average Bonchev–Trinajstić information content (AvgIpc) is 2.23. The first-order valence-electron chi connectivity index (χ1n) is 7.08. The van der Waals surface area contributed by atoms with Gasteiger partial charge in [0.15, 0.2) is 0 Å². The fraction of sp³-hybridized carbons (Fsp3) is 1.00. The molecule has 3 unspecified atom stereocenters. The number of hydrogen-bond donors (Lipinski definition) is 1. The first-order valence-corrected chi connectivity index (χ1v) is 9.04. The molecule has 108 valence electrons. The van der Waals surface area contributed by atoms with E-state index in [1.54, 1.807) is 0 Å². The van der Waals surface area contributed by atoms with Crippen molar-refractivity contribution in [3.63, 3.8) is 0 Å². The highest BCUT2D eigenvalue weighted by Crippen LogP contribution is 2.36. The van der Waals surface area contributed by atoms with E-state index in [2.05, 4.69) is 33.0 Å². The van der Waals surface area contributed by atoms with Gasteiger partial charge >= 0.3 is 0 Å². The molecule has 0 amide bonds. The molecule has 3 atom stereocenters. The van der Waals surface area contributed by atoms with Gasteiger partial charge in [0.25, 0.3) is 0 Å². The highest BCUT2D eigenvalue weighted by atomic mass is 32.2. The van der Waals surface area contributed by atoms with E-state index in [0.29, 0.717) is 12.0 Å². The van der Waals surface area contributed by atoms with Crippen LogP contribution in [0.15, 0.2) is 0 Å². The quantitative estimate of drug-likeness (QED) is 0.858. The summed E-state index contributed by atoms with van der Waals surface area (Å²) in [5.74, 6) is 0.485. The molecule has 0 radical (unpaired) electrons. The summed E-state index contributed by atoms with van der Waals surface area (Å²) in [6.07, 6.45) is 5.26. The maximum absolute atomic E-state index is 11.7. The zero-order chi connectivity index (χ0) is 14.0. The first kappa shape index (κ1) is 16.0. The van der Waals surface area contributed by atoms with Crippen molar-refractivity contribution in [3.05, 3.63) is 0 Å². The van der Waals surface area contributed by atoms with E-state index in [9.17, 15) is 8.42 Å². The molecular formula is C14H29NO2S. The molecular weight excluding hydrogens is 246 g/mol. The van der Waals surface area contributed by atoms with Gasteiger partial charge in [-0.3, -0.25) is 0 Å². The predicted molar refractivity (Wildman–Crippen MR) is 77.5 cm³/mol. The molecule has 1 aliphatic rings. The molecule has 3 nitrogen and oxygen atoms in total. The Morgan fingerprint density at radius 3 is 2.33 bits per heavy atom. The highest BCUT2D eigenvalue weighted by Gasteiger charge is 2.37. The third-order valence-corrected chi connectivity index (χ3v) is 5.74. The van der Waals surface area contributed by atoms with Crippen molar-refractivity contribution < 1.29 is 8.42 Å². The molecule has 0 spiro atoms. The van der Waals surface area contributed by atoms with Crippen molar-refractivity contribution in [2.45, 2.75) is 64.7 Å². The highest BCUT2D eigenvalue weighted by molar-refractivity contribution is 7.91. The van der Waals surface area contributed by atoms with Gasteiger partial charge in [-0.2, -0.15) is 0 Å². The van der Waals surface area contributed by atoms with Gasteiger partial charge in [-0.05, 0) is 37.1 Å². The lowest BCUT2D eigenvalue weighted by atomic mass is 9.73. The zero-order valence-corrected chi connectivity index (χ0v) is 13.3. The van der Waals surface area contributed by atoms with E-state index in [-0.39, 0.29) is 10.7 Å². The first-order chi connectivity index (χ1) is 8.16. The maximum atomic E-state index is 11.7. The van der Waals surface area contributed by atoms with Crippen LogP contribution in [-0.2, 0) is 9.84 Å². The van der Waals surface area contributed by atoms with E-state index >= 15 is 0 Å².